The van der Waals surface area contributed by atoms with Crippen LogP contribution in [0, 0.1) is 0 Å². The summed E-state index contributed by atoms with van der Waals surface area (Å²) in [6.07, 6.45) is 5.22. The Kier molecular flexibility index (Phi) is 2.62. The lowest BCUT2D eigenvalue weighted by atomic mass is 10.1. The van der Waals surface area contributed by atoms with Gasteiger partial charge in [0.15, 0.2) is 0 Å². The van der Waals surface area contributed by atoms with Crippen LogP contribution >= 0.6 is 11.3 Å². The average Bonchev–Trinajstić information content (AvgIpc) is 2.73. The van der Waals surface area contributed by atoms with E-state index in [9.17, 15) is 5.11 Å². The highest BCUT2D eigenvalue weighted by Crippen LogP contribution is 2.36. The summed E-state index contributed by atoms with van der Waals surface area (Å²) in [6.45, 7) is 3.58. The zero-order chi connectivity index (χ0) is 10.2. The van der Waals surface area contributed by atoms with Crippen LogP contribution in [0.15, 0.2) is 5.38 Å². The Bertz CT molecular complexity index is 307. The highest BCUT2D eigenvalue weighted by atomic mass is 32.1. The smallest absolute Gasteiger partial charge is 0.102 e. The van der Waals surface area contributed by atoms with Crippen LogP contribution in [0.3, 0.4) is 0 Å². The minimum atomic E-state index is -0.784. The fourth-order valence-electron chi connectivity index (χ4n) is 1.93. The Morgan fingerprint density at radius 2 is 2.07 bits per heavy atom. The van der Waals surface area contributed by atoms with E-state index < -0.39 is 5.60 Å². The van der Waals surface area contributed by atoms with Gasteiger partial charge in [0.1, 0.15) is 5.60 Å². The number of hydrogen-bond acceptors (Lipinski definition) is 3. The van der Waals surface area contributed by atoms with Crippen molar-refractivity contribution < 1.29 is 5.11 Å². The van der Waals surface area contributed by atoms with Gasteiger partial charge in [-0.1, -0.05) is 12.8 Å². The molecule has 1 aliphatic carbocycles. The van der Waals surface area contributed by atoms with Crippen LogP contribution in [0.5, 0.6) is 0 Å². The van der Waals surface area contributed by atoms with Crippen molar-refractivity contribution in [3.63, 3.8) is 0 Å². The Labute approximate surface area is 89.0 Å². The fourth-order valence-corrected chi connectivity index (χ4v) is 3.08. The molecule has 0 atom stereocenters. The molecule has 1 fully saturated rings. The van der Waals surface area contributed by atoms with Crippen LogP contribution < -0.4 is 0 Å². The Hall–Kier alpha value is -0.410. The average molecular weight is 211 g/mol. The van der Waals surface area contributed by atoms with Crippen LogP contribution in [0.4, 0.5) is 0 Å². The Balaban J connectivity index is 2.17. The lowest BCUT2D eigenvalue weighted by molar-refractivity contribution is 0.0743. The molecule has 78 valence electrons. The maximum atomic E-state index is 9.79. The van der Waals surface area contributed by atoms with Crippen LogP contribution in [-0.2, 0) is 5.60 Å². The first-order chi connectivity index (χ1) is 6.57. The van der Waals surface area contributed by atoms with Crippen molar-refractivity contribution in [2.75, 3.05) is 0 Å². The Morgan fingerprint density at radius 1 is 1.43 bits per heavy atom. The molecule has 1 N–H and O–H groups in total. The summed E-state index contributed by atoms with van der Waals surface area (Å²) in [6, 6.07) is 0. The van der Waals surface area contributed by atoms with E-state index >= 15 is 0 Å². The molecular weight excluding hydrogens is 194 g/mol. The summed E-state index contributed by atoms with van der Waals surface area (Å²) >= 11 is 1.70. The molecule has 0 aromatic carbocycles. The highest BCUT2D eigenvalue weighted by molar-refractivity contribution is 7.09. The number of nitrogens with zero attached hydrogens (tertiary/aromatic N) is 1. The van der Waals surface area contributed by atoms with E-state index in [0.29, 0.717) is 5.92 Å². The minimum absolute atomic E-state index is 0.663. The van der Waals surface area contributed by atoms with E-state index in [2.05, 4.69) is 4.98 Å². The van der Waals surface area contributed by atoms with Crippen molar-refractivity contribution in [2.45, 2.75) is 51.0 Å². The number of rotatable bonds is 2. The largest absolute Gasteiger partial charge is 0.384 e. The van der Waals surface area contributed by atoms with Gasteiger partial charge >= 0.3 is 0 Å². The molecule has 1 aromatic heterocycles. The van der Waals surface area contributed by atoms with Crippen molar-refractivity contribution >= 4 is 11.3 Å². The lowest BCUT2D eigenvalue weighted by Crippen LogP contribution is -2.16. The van der Waals surface area contributed by atoms with Gasteiger partial charge in [0.25, 0.3) is 0 Å². The normalized spacial score (nSPS) is 19.1. The molecule has 3 heteroatoms. The standard InChI is InChI=1S/C11H17NOS/c1-11(2,13)9-7-14-10(12-9)8-5-3-4-6-8/h7-8,13H,3-6H2,1-2H3. The summed E-state index contributed by atoms with van der Waals surface area (Å²) in [7, 11) is 0. The van der Waals surface area contributed by atoms with Gasteiger partial charge in [-0.15, -0.1) is 11.3 Å². The van der Waals surface area contributed by atoms with Gasteiger partial charge < -0.3 is 5.11 Å². The predicted octanol–water partition coefficient (Wildman–Crippen LogP) is 3.03. The molecule has 2 nitrogen and oxygen atoms in total. The number of hydrogen-bond donors (Lipinski definition) is 1. The van der Waals surface area contributed by atoms with Crippen LogP contribution in [0.25, 0.3) is 0 Å². The summed E-state index contributed by atoms with van der Waals surface area (Å²) in [5.41, 5.74) is 0.0391. The number of aliphatic hydroxyl groups is 1. The second-order valence-electron chi connectivity index (χ2n) is 4.61. The molecule has 0 radical (unpaired) electrons. The summed E-state index contributed by atoms with van der Waals surface area (Å²) in [5.74, 6) is 0.663. The van der Waals surface area contributed by atoms with Crippen LogP contribution in [0.1, 0.15) is 56.2 Å². The number of thiazole rings is 1. The maximum absolute atomic E-state index is 9.79. The molecule has 0 bridgehead atoms. The third-order valence-electron chi connectivity index (χ3n) is 2.85. The lowest BCUT2D eigenvalue weighted by Gasteiger charge is -2.13. The molecule has 14 heavy (non-hydrogen) atoms. The third kappa shape index (κ3) is 1.98. The summed E-state index contributed by atoms with van der Waals surface area (Å²) in [4.78, 5) is 4.53. The van der Waals surface area contributed by atoms with Crippen molar-refractivity contribution in [3.05, 3.63) is 16.1 Å². The van der Waals surface area contributed by atoms with E-state index in [-0.39, 0.29) is 0 Å². The van der Waals surface area contributed by atoms with Crippen LogP contribution in [0.2, 0.25) is 0 Å². The fraction of sp³-hybridized carbons (Fsp3) is 0.727. The molecule has 1 saturated carbocycles. The van der Waals surface area contributed by atoms with E-state index in [1.54, 1.807) is 25.2 Å². The number of aromatic nitrogens is 1. The Morgan fingerprint density at radius 3 is 2.57 bits per heavy atom. The van der Waals surface area contributed by atoms with Gasteiger partial charge in [-0.05, 0) is 26.7 Å². The molecule has 1 heterocycles. The molecule has 0 amide bonds. The maximum Gasteiger partial charge on any atom is 0.102 e. The van der Waals surface area contributed by atoms with Crippen molar-refractivity contribution in [1.29, 1.82) is 0 Å². The second kappa shape index (κ2) is 3.63. The van der Waals surface area contributed by atoms with E-state index in [0.717, 1.165) is 5.69 Å². The topological polar surface area (TPSA) is 33.1 Å². The third-order valence-corrected chi connectivity index (χ3v) is 3.86. The van der Waals surface area contributed by atoms with E-state index in [1.807, 2.05) is 5.38 Å². The first kappa shape index (κ1) is 10.1. The van der Waals surface area contributed by atoms with Crippen molar-refractivity contribution in [2.24, 2.45) is 0 Å². The first-order valence-corrected chi connectivity index (χ1v) is 6.13. The quantitative estimate of drug-likeness (QED) is 0.815. The second-order valence-corrected chi connectivity index (χ2v) is 5.50. The van der Waals surface area contributed by atoms with Crippen molar-refractivity contribution in [1.82, 2.24) is 4.98 Å². The van der Waals surface area contributed by atoms with Gasteiger partial charge in [-0.25, -0.2) is 4.98 Å². The monoisotopic (exact) mass is 211 g/mol. The van der Waals surface area contributed by atoms with E-state index in [4.69, 9.17) is 0 Å². The zero-order valence-electron chi connectivity index (χ0n) is 8.79. The predicted molar refractivity (Wildman–Crippen MR) is 58.6 cm³/mol. The summed E-state index contributed by atoms with van der Waals surface area (Å²) < 4.78 is 0. The van der Waals surface area contributed by atoms with E-state index in [1.165, 1.54) is 30.7 Å². The van der Waals surface area contributed by atoms with Gasteiger partial charge in [0, 0.05) is 11.3 Å². The van der Waals surface area contributed by atoms with Gasteiger partial charge in [0.05, 0.1) is 10.7 Å². The highest BCUT2D eigenvalue weighted by Gasteiger charge is 2.24. The first-order valence-electron chi connectivity index (χ1n) is 5.25. The molecule has 0 aliphatic heterocycles. The molecule has 0 unspecified atom stereocenters. The molecule has 0 saturated heterocycles. The minimum Gasteiger partial charge on any atom is -0.384 e. The molecular formula is C11H17NOS. The molecule has 1 aliphatic rings. The van der Waals surface area contributed by atoms with Gasteiger partial charge in [-0.3, -0.25) is 0 Å². The van der Waals surface area contributed by atoms with Gasteiger partial charge in [0.2, 0.25) is 0 Å². The summed E-state index contributed by atoms with van der Waals surface area (Å²) in [5, 5.41) is 13.0. The zero-order valence-corrected chi connectivity index (χ0v) is 9.60. The van der Waals surface area contributed by atoms with Crippen LogP contribution in [-0.4, -0.2) is 10.1 Å². The van der Waals surface area contributed by atoms with Gasteiger partial charge in [-0.2, -0.15) is 0 Å². The molecule has 2 rings (SSSR count). The molecule has 0 spiro atoms. The molecule has 1 aromatic rings. The van der Waals surface area contributed by atoms with Crippen molar-refractivity contribution in [3.8, 4) is 0 Å². The SMILES string of the molecule is CC(C)(O)c1csc(C2CCCC2)n1.